The first kappa shape index (κ1) is 10.4. The predicted molar refractivity (Wildman–Crippen MR) is 58.7 cm³/mol. The quantitative estimate of drug-likeness (QED) is 0.548. The minimum absolute atomic E-state index is 0.490. The van der Waals surface area contributed by atoms with Crippen LogP contribution in [0.1, 0.15) is 19.4 Å². The molecule has 0 nitrogen and oxygen atoms in total. The van der Waals surface area contributed by atoms with E-state index in [2.05, 4.69) is 36.7 Å². The molecule has 0 aromatic heterocycles. The van der Waals surface area contributed by atoms with E-state index in [4.69, 9.17) is 0 Å². The summed E-state index contributed by atoms with van der Waals surface area (Å²) in [6.07, 6.45) is 0. The normalized spacial score (nSPS) is 9.46. The van der Waals surface area contributed by atoms with Gasteiger partial charge in [0.05, 0.1) is 0 Å². The van der Waals surface area contributed by atoms with E-state index in [1.165, 1.54) is 5.32 Å². The topological polar surface area (TPSA) is 0 Å². The van der Waals surface area contributed by atoms with Crippen molar-refractivity contribution in [2.45, 2.75) is 19.2 Å². The maximum atomic E-state index is 3.25. The van der Waals surface area contributed by atoms with Crippen molar-refractivity contribution in [3.63, 3.8) is 0 Å². The van der Waals surface area contributed by atoms with E-state index in [0.29, 0.717) is 15.0 Å². The van der Waals surface area contributed by atoms with E-state index < -0.39 is 0 Å². The van der Waals surface area contributed by atoms with Gasteiger partial charge in [0.1, 0.15) is 0 Å². The average molecular weight is 237 g/mol. The summed E-state index contributed by atoms with van der Waals surface area (Å²) in [5.41, 5.74) is 1.13. The van der Waals surface area contributed by atoms with Crippen LogP contribution < -0.4 is 0 Å². The van der Waals surface area contributed by atoms with Crippen LogP contribution in [0, 0.1) is 16.7 Å². The van der Waals surface area contributed by atoms with Crippen LogP contribution in [0.25, 0.3) is 0 Å². The molecule has 1 aromatic rings. The van der Waals surface area contributed by atoms with Gasteiger partial charge in [-0.25, -0.2) is 0 Å². The van der Waals surface area contributed by atoms with E-state index in [1.54, 1.807) is 0 Å². The van der Waals surface area contributed by atoms with Crippen molar-refractivity contribution in [3.8, 4) is 10.7 Å². The summed E-state index contributed by atoms with van der Waals surface area (Å²) in [5.74, 6) is 3.96. The molecule has 0 atom stereocenters. The summed E-state index contributed by atoms with van der Waals surface area (Å²) in [6.45, 7) is 4.48. The molecule has 1 rings (SSSR count). The Hall–Kier alpha value is -0.701. The summed E-state index contributed by atoms with van der Waals surface area (Å²) in [4.78, 5) is 3.25. The van der Waals surface area contributed by atoms with Gasteiger partial charge >= 0.3 is 86.7 Å². The van der Waals surface area contributed by atoms with Crippen molar-refractivity contribution >= 4 is 15.0 Å². The Bertz CT molecular complexity index is 290. The van der Waals surface area contributed by atoms with Crippen LogP contribution in [0.15, 0.2) is 30.3 Å². The molecule has 0 aliphatic carbocycles. The van der Waals surface area contributed by atoms with Gasteiger partial charge in [0, 0.05) is 0 Å². The standard InChI is InChI=1S/C12H14Se/c1-11(2)10-13-9-8-12-6-4-3-5-7-12/h3-7,11H,10H2,1-2H3. The molecular formula is C12H14Se. The average Bonchev–Trinajstić information content (AvgIpc) is 2.14. The molecule has 1 aromatic carbocycles. The van der Waals surface area contributed by atoms with Crippen molar-refractivity contribution in [1.82, 2.24) is 0 Å². The van der Waals surface area contributed by atoms with Crippen LogP contribution in [0.2, 0.25) is 5.32 Å². The fraction of sp³-hybridized carbons (Fsp3) is 0.333. The maximum absolute atomic E-state index is 3.25. The first-order chi connectivity index (χ1) is 6.29. The fourth-order valence-electron chi connectivity index (χ4n) is 0.825. The Morgan fingerprint density at radius 1 is 1.23 bits per heavy atom. The summed E-state index contributed by atoms with van der Waals surface area (Å²) < 4.78 is 0. The van der Waals surface area contributed by atoms with Crippen LogP contribution in [-0.2, 0) is 0 Å². The van der Waals surface area contributed by atoms with Gasteiger partial charge in [-0.2, -0.15) is 0 Å². The Labute approximate surface area is 86.9 Å². The third-order valence-electron chi connectivity index (χ3n) is 1.46. The molecule has 13 heavy (non-hydrogen) atoms. The number of benzene rings is 1. The molecular weight excluding hydrogens is 223 g/mol. The minimum atomic E-state index is 0.490. The van der Waals surface area contributed by atoms with Crippen LogP contribution in [-0.4, -0.2) is 15.0 Å². The molecule has 0 amide bonds. The van der Waals surface area contributed by atoms with E-state index >= 15 is 0 Å². The molecule has 0 aliphatic rings. The summed E-state index contributed by atoms with van der Waals surface area (Å²) in [5, 5.41) is 1.26. The van der Waals surface area contributed by atoms with Gasteiger partial charge in [0.2, 0.25) is 0 Å². The second-order valence-corrected chi connectivity index (χ2v) is 5.03. The van der Waals surface area contributed by atoms with Crippen molar-refractivity contribution < 1.29 is 0 Å². The van der Waals surface area contributed by atoms with Gasteiger partial charge in [-0.1, -0.05) is 0 Å². The monoisotopic (exact) mass is 238 g/mol. The fourth-order valence-corrected chi connectivity index (χ4v) is 2.10. The Kier molecular flexibility index (Phi) is 4.68. The molecule has 0 unspecified atom stereocenters. The van der Waals surface area contributed by atoms with Gasteiger partial charge in [-0.05, 0) is 0 Å². The van der Waals surface area contributed by atoms with Crippen molar-refractivity contribution in [2.24, 2.45) is 5.92 Å². The van der Waals surface area contributed by atoms with E-state index in [9.17, 15) is 0 Å². The number of rotatable bonds is 2. The molecule has 0 saturated carbocycles. The van der Waals surface area contributed by atoms with Gasteiger partial charge in [0.25, 0.3) is 0 Å². The third-order valence-corrected chi connectivity index (χ3v) is 3.72. The molecule has 0 spiro atoms. The third kappa shape index (κ3) is 4.78. The summed E-state index contributed by atoms with van der Waals surface area (Å²) >= 11 is 0.490. The van der Waals surface area contributed by atoms with Crippen LogP contribution in [0.4, 0.5) is 0 Å². The Morgan fingerprint density at radius 2 is 1.92 bits per heavy atom. The molecule has 0 radical (unpaired) electrons. The molecule has 0 bridgehead atoms. The Morgan fingerprint density at radius 3 is 2.54 bits per heavy atom. The predicted octanol–water partition coefficient (Wildman–Crippen LogP) is 2.77. The number of hydrogen-bond acceptors (Lipinski definition) is 0. The van der Waals surface area contributed by atoms with Crippen LogP contribution in [0.3, 0.4) is 0 Å². The molecule has 1 heteroatoms. The summed E-state index contributed by atoms with van der Waals surface area (Å²) in [7, 11) is 0. The zero-order valence-electron chi connectivity index (χ0n) is 8.08. The first-order valence-electron chi connectivity index (χ1n) is 4.47. The van der Waals surface area contributed by atoms with E-state index in [-0.39, 0.29) is 0 Å². The van der Waals surface area contributed by atoms with E-state index in [1.807, 2.05) is 18.2 Å². The van der Waals surface area contributed by atoms with E-state index in [0.717, 1.165) is 11.5 Å². The second kappa shape index (κ2) is 5.86. The molecule has 0 aliphatic heterocycles. The van der Waals surface area contributed by atoms with Crippen LogP contribution in [0.5, 0.6) is 0 Å². The molecule has 0 N–H and O–H groups in total. The van der Waals surface area contributed by atoms with Gasteiger partial charge in [-0.15, -0.1) is 0 Å². The zero-order chi connectivity index (χ0) is 9.52. The van der Waals surface area contributed by atoms with Crippen molar-refractivity contribution in [1.29, 1.82) is 0 Å². The van der Waals surface area contributed by atoms with Crippen molar-refractivity contribution in [2.75, 3.05) is 0 Å². The van der Waals surface area contributed by atoms with Gasteiger partial charge < -0.3 is 0 Å². The first-order valence-corrected chi connectivity index (χ1v) is 6.53. The van der Waals surface area contributed by atoms with Gasteiger partial charge in [0.15, 0.2) is 0 Å². The number of hydrogen-bond donors (Lipinski definition) is 0. The SMILES string of the molecule is CC(C)C[Se]C#Cc1ccccc1. The Balaban J connectivity index is 2.40. The van der Waals surface area contributed by atoms with Crippen LogP contribution >= 0.6 is 0 Å². The molecule has 0 saturated heterocycles. The summed E-state index contributed by atoms with van der Waals surface area (Å²) in [6, 6.07) is 10.2. The second-order valence-electron chi connectivity index (χ2n) is 3.30. The molecule has 68 valence electrons. The molecule has 0 fully saturated rings. The van der Waals surface area contributed by atoms with Crippen molar-refractivity contribution in [3.05, 3.63) is 35.9 Å². The zero-order valence-corrected chi connectivity index (χ0v) is 9.79. The van der Waals surface area contributed by atoms with Gasteiger partial charge in [-0.3, -0.25) is 0 Å². The molecule has 0 heterocycles.